The maximum Gasteiger partial charge on any atom is 0.160 e. The summed E-state index contributed by atoms with van der Waals surface area (Å²) in [7, 11) is 2.06. The van der Waals surface area contributed by atoms with E-state index < -0.39 is 0 Å². The molecule has 1 aliphatic heterocycles. The number of carbonyl (C=O) groups excluding carboxylic acids is 1. The minimum atomic E-state index is 0.115. The van der Waals surface area contributed by atoms with Gasteiger partial charge in [0.2, 0.25) is 0 Å². The van der Waals surface area contributed by atoms with Crippen molar-refractivity contribution in [2.45, 2.75) is 12.5 Å². The van der Waals surface area contributed by atoms with E-state index in [0.29, 0.717) is 6.42 Å². The van der Waals surface area contributed by atoms with E-state index in [4.69, 9.17) is 0 Å². The van der Waals surface area contributed by atoms with Gasteiger partial charge in [-0.05, 0) is 11.1 Å². The predicted octanol–water partition coefficient (Wildman–Crippen LogP) is 3.67. The molecule has 0 amide bonds. The van der Waals surface area contributed by atoms with Crippen molar-refractivity contribution >= 4 is 11.5 Å². The Morgan fingerprint density at radius 2 is 1.55 bits per heavy atom. The zero-order valence-electron chi connectivity index (χ0n) is 11.5. The van der Waals surface area contributed by atoms with Crippen molar-refractivity contribution < 1.29 is 4.79 Å². The van der Waals surface area contributed by atoms with Crippen LogP contribution in [0.1, 0.15) is 23.6 Å². The van der Waals surface area contributed by atoms with Gasteiger partial charge in [-0.25, -0.2) is 0 Å². The number of hydrogen-bond donors (Lipinski definition) is 0. The Kier molecular flexibility index (Phi) is 3.38. The van der Waals surface area contributed by atoms with Gasteiger partial charge in [0.15, 0.2) is 5.78 Å². The van der Waals surface area contributed by atoms with Crippen molar-refractivity contribution in [1.82, 2.24) is 4.90 Å². The molecule has 1 unspecified atom stereocenters. The van der Waals surface area contributed by atoms with Gasteiger partial charge in [0.25, 0.3) is 0 Å². The van der Waals surface area contributed by atoms with Crippen LogP contribution in [0.15, 0.2) is 66.7 Å². The van der Waals surface area contributed by atoms with Crippen LogP contribution >= 0.6 is 0 Å². The molecule has 0 aliphatic carbocycles. The van der Waals surface area contributed by atoms with Crippen LogP contribution in [0.4, 0.5) is 0 Å². The molecule has 2 aromatic rings. The predicted molar refractivity (Wildman–Crippen MR) is 81.0 cm³/mol. The van der Waals surface area contributed by atoms with Gasteiger partial charge in [-0.15, -0.1) is 0 Å². The summed E-state index contributed by atoms with van der Waals surface area (Å²) in [6.45, 7) is 0. The number of allylic oxidation sites excluding steroid dienone is 1. The normalized spacial score (nSPS) is 18.9. The Labute approximate surface area is 119 Å². The van der Waals surface area contributed by atoms with Gasteiger partial charge in [-0.1, -0.05) is 60.7 Å². The summed E-state index contributed by atoms with van der Waals surface area (Å²) in [6, 6.07) is 20.4. The number of carbonyl (C=O) groups is 1. The molecule has 2 aromatic carbocycles. The maximum absolute atomic E-state index is 12.1. The number of benzene rings is 2. The number of hydrogen-bond acceptors (Lipinski definition) is 2. The van der Waals surface area contributed by atoms with Crippen molar-refractivity contribution in [1.29, 1.82) is 0 Å². The lowest BCUT2D eigenvalue weighted by atomic mass is 9.93. The monoisotopic (exact) mass is 263 g/mol. The smallest absolute Gasteiger partial charge is 0.160 e. The van der Waals surface area contributed by atoms with Gasteiger partial charge in [0, 0.05) is 25.2 Å². The Morgan fingerprint density at radius 3 is 2.20 bits per heavy atom. The molecule has 20 heavy (non-hydrogen) atoms. The molecule has 0 saturated carbocycles. The highest BCUT2D eigenvalue weighted by Gasteiger charge is 2.27. The molecule has 2 heteroatoms. The van der Waals surface area contributed by atoms with E-state index in [1.54, 1.807) is 6.08 Å². The molecule has 2 nitrogen and oxygen atoms in total. The summed E-state index contributed by atoms with van der Waals surface area (Å²) >= 11 is 0. The van der Waals surface area contributed by atoms with E-state index >= 15 is 0 Å². The molecule has 1 atom stereocenters. The Balaban J connectivity index is 1.99. The number of ketones is 1. The average molecular weight is 263 g/mol. The van der Waals surface area contributed by atoms with Crippen molar-refractivity contribution in [3.63, 3.8) is 0 Å². The van der Waals surface area contributed by atoms with E-state index in [2.05, 4.69) is 24.1 Å². The number of rotatable bonds is 2. The highest BCUT2D eigenvalue weighted by Crippen LogP contribution is 2.34. The van der Waals surface area contributed by atoms with Crippen molar-refractivity contribution in [3.8, 4) is 0 Å². The van der Waals surface area contributed by atoms with E-state index in [-0.39, 0.29) is 11.8 Å². The van der Waals surface area contributed by atoms with Gasteiger partial charge >= 0.3 is 0 Å². The summed E-state index contributed by atoms with van der Waals surface area (Å²) in [4.78, 5) is 14.3. The fourth-order valence-electron chi connectivity index (χ4n) is 2.72. The van der Waals surface area contributed by atoms with Crippen LogP contribution in [0.3, 0.4) is 0 Å². The minimum Gasteiger partial charge on any atom is -0.367 e. The molecule has 100 valence electrons. The van der Waals surface area contributed by atoms with Crippen molar-refractivity contribution in [2.24, 2.45) is 0 Å². The van der Waals surface area contributed by atoms with Crippen LogP contribution in [-0.2, 0) is 4.79 Å². The van der Waals surface area contributed by atoms with Gasteiger partial charge in [0.1, 0.15) is 0 Å². The standard InChI is InChI=1S/C18H17NO/c1-19-17(14-8-4-2-5-9-14)12-16(20)13-18(19)15-10-6-3-7-11-15/h2-12,18H,13H2,1H3. The van der Waals surface area contributed by atoms with E-state index in [1.165, 1.54) is 5.56 Å². The second-order valence-corrected chi connectivity index (χ2v) is 5.10. The Morgan fingerprint density at radius 1 is 0.950 bits per heavy atom. The lowest BCUT2D eigenvalue weighted by molar-refractivity contribution is -0.116. The van der Waals surface area contributed by atoms with Gasteiger partial charge in [-0.2, -0.15) is 0 Å². The first-order valence-corrected chi connectivity index (χ1v) is 6.83. The van der Waals surface area contributed by atoms with Crippen LogP contribution in [0.25, 0.3) is 5.70 Å². The third kappa shape index (κ3) is 2.37. The molecule has 1 aliphatic rings. The Hall–Kier alpha value is -2.35. The zero-order valence-corrected chi connectivity index (χ0v) is 11.5. The minimum absolute atomic E-state index is 0.115. The first-order chi connectivity index (χ1) is 9.75. The quantitative estimate of drug-likeness (QED) is 0.824. The van der Waals surface area contributed by atoms with Gasteiger partial charge in [0.05, 0.1) is 6.04 Å². The summed E-state index contributed by atoms with van der Waals surface area (Å²) in [5.74, 6) is 0.191. The maximum atomic E-state index is 12.1. The van der Waals surface area contributed by atoms with Crippen LogP contribution in [-0.4, -0.2) is 17.7 Å². The van der Waals surface area contributed by atoms with Crippen molar-refractivity contribution in [2.75, 3.05) is 7.05 Å². The molecular weight excluding hydrogens is 246 g/mol. The molecule has 3 rings (SSSR count). The molecule has 0 N–H and O–H groups in total. The molecule has 0 spiro atoms. The van der Waals surface area contributed by atoms with Gasteiger partial charge in [-0.3, -0.25) is 4.79 Å². The van der Waals surface area contributed by atoms with E-state index in [9.17, 15) is 4.79 Å². The van der Waals surface area contributed by atoms with Crippen LogP contribution in [0.5, 0.6) is 0 Å². The first-order valence-electron chi connectivity index (χ1n) is 6.83. The SMILES string of the molecule is CN1C(c2ccccc2)=CC(=O)CC1c1ccccc1. The molecule has 0 bridgehead atoms. The molecular formula is C18H17NO. The summed E-state index contributed by atoms with van der Waals surface area (Å²) < 4.78 is 0. The summed E-state index contributed by atoms with van der Waals surface area (Å²) in [6.07, 6.45) is 2.30. The fourth-order valence-corrected chi connectivity index (χ4v) is 2.72. The first kappa shape index (κ1) is 12.7. The fraction of sp³-hybridized carbons (Fsp3) is 0.167. The van der Waals surface area contributed by atoms with Crippen molar-refractivity contribution in [3.05, 3.63) is 77.9 Å². The molecule has 0 aromatic heterocycles. The summed E-state index contributed by atoms with van der Waals surface area (Å²) in [5, 5.41) is 0. The molecule has 0 saturated heterocycles. The average Bonchev–Trinajstić information content (AvgIpc) is 2.51. The highest BCUT2D eigenvalue weighted by molar-refractivity contribution is 5.98. The second kappa shape index (κ2) is 5.33. The molecule has 0 fully saturated rings. The van der Waals surface area contributed by atoms with Crippen LogP contribution < -0.4 is 0 Å². The van der Waals surface area contributed by atoms with Gasteiger partial charge < -0.3 is 4.90 Å². The molecule has 0 radical (unpaired) electrons. The Bertz CT molecular complexity index is 631. The zero-order chi connectivity index (χ0) is 13.9. The topological polar surface area (TPSA) is 20.3 Å². The largest absolute Gasteiger partial charge is 0.367 e. The third-order valence-corrected chi connectivity index (χ3v) is 3.79. The lowest BCUT2D eigenvalue weighted by Gasteiger charge is -2.35. The highest BCUT2D eigenvalue weighted by atomic mass is 16.1. The third-order valence-electron chi connectivity index (χ3n) is 3.79. The summed E-state index contributed by atoms with van der Waals surface area (Å²) in [5.41, 5.74) is 3.27. The van der Waals surface area contributed by atoms with Crippen LogP contribution in [0.2, 0.25) is 0 Å². The van der Waals surface area contributed by atoms with Crippen LogP contribution in [0, 0.1) is 0 Å². The number of nitrogens with zero attached hydrogens (tertiary/aromatic N) is 1. The van der Waals surface area contributed by atoms with E-state index in [1.807, 2.05) is 48.5 Å². The second-order valence-electron chi connectivity index (χ2n) is 5.10. The van der Waals surface area contributed by atoms with E-state index in [0.717, 1.165) is 11.3 Å². The lowest BCUT2D eigenvalue weighted by Crippen LogP contribution is -2.29. The molecule has 1 heterocycles.